The predicted octanol–water partition coefficient (Wildman–Crippen LogP) is 3.53. The summed E-state index contributed by atoms with van der Waals surface area (Å²) in [5.41, 5.74) is 6.65. The smallest absolute Gasteiger partial charge is 0.127 e. The zero-order valence-electron chi connectivity index (χ0n) is 12.5. The number of hydrogen-bond acceptors (Lipinski definition) is 3. The lowest BCUT2D eigenvalue weighted by Gasteiger charge is -2.12. The van der Waals surface area contributed by atoms with Gasteiger partial charge in [0.15, 0.2) is 0 Å². The second-order valence-corrected chi connectivity index (χ2v) is 5.78. The van der Waals surface area contributed by atoms with E-state index in [-0.39, 0.29) is 0 Å². The monoisotopic (exact) mass is 303 g/mol. The van der Waals surface area contributed by atoms with Crippen LogP contribution < -0.4 is 10.5 Å². The van der Waals surface area contributed by atoms with Crippen LogP contribution in [-0.4, -0.2) is 24.8 Å². The van der Waals surface area contributed by atoms with Gasteiger partial charge in [0.1, 0.15) is 17.3 Å². The summed E-state index contributed by atoms with van der Waals surface area (Å²) < 4.78 is 11.4. The first-order valence-electron chi connectivity index (χ1n) is 7.11. The van der Waals surface area contributed by atoms with Crippen molar-refractivity contribution in [1.82, 2.24) is 0 Å². The van der Waals surface area contributed by atoms with Crippen LogP contribution in [0.3, 0.4) is 0 Å². The fourth-order valence-electron chi connectivity index (χ4n) is 2.14. The van der Waals surface area contributed by atoms with Gasteiger partial charge in [-0.1, -0.05) is 50.3 Å². The van der Waals surface area contributed by atoms with Gasteiger partial charge in [-0.2, -0.15) is 0 Å². The lowest BCUT2D eigenvalue weighted by Crippen LogP contribution is -2.12. The molecular weight excluding hydrogens is 282 g/mol. The van der Waals surface area contributed by atoms with E-state index < -0.39 is 0 Å². The number of rotatable bonds is 7. The second kappa shape index (κ2) is 7.38. The molecule has 2 aromatic carbocycles. The molecule has 0 heterocycles. The van der Waals surface area contributed by atoms with Gasteiger partial charge in [0.05, 0.1) is 6.61 Å². The molecule has 0 aliphatic carbocycles. The summed E-state index contributed by atoms with van der Waals surface area (Å²) in [6.07, 6.45) is 0. The van der Waals surface area contributed by atoms with Crippen molar-refractivity contribution in [3.63, 3.8) is 0 Å². The molecule has 0 amide bonds. The summed E-state index contributed by atoms with van der Waals surface area (Å²) >= 11 is 5.10. The summed E-state index contributed by atoms with van der Waals surface area (Å²) in [4.78, 5) is 0.401. The van der Waals surface area contributed by atoms with Crippen LogP contribution in [-0.2, 0) is 4.74 Å². The number of ether oxygens (including phenoxy) is 2. The Morgan fingerprint density at radius 3 is 2.48 bits per heavy atom. The topological polar surface area (TPSA) is 44.5 Å². The molecule has 0 unspecified atom stereocenters. The molecule has 2 aromatic rings. The molecule has 2 N–H and O–H groups in total. The van der Waals surface area contributed by atoms with Crippen LogP contribution in [0.25, 0.3) is 10.8 Å². The van der Waals surface area contributed by atoms with E-state index >= 15 is 0 Å². The van der Waals surface area contributed by atoms with E-state index in [9.17, 15) is 0 Å². The van der Waals surface area contributed by atoms with Crippen molar-refractivity contribution in [3.8, 4) is 5.75 Å². The first kappa shape index (κ1) is 15.7. The number of hydrogen-bond donors (Lipinski definition) is 1. The quantitative estimate of drug-likeness (QED) is 0.628. The van der Waals surface area contributed by atoms with E-state index in [1.165, 1.54) is 0 Å². The highest BCUT2D eigenvalue weighted by Gasteiger charge is 2.08. The highest BCUT2D eigenvalue weighted by atomic mass is 32.1. The van der Waals surface area contributed by atoms with Crippen LogP contribution >= 0.6 is 12.2 Å². The van der Waals surface area contributed by atoms with Crippen molar-refractivity contribution in [2.75, 3.05) is 19.8 Å². The van der Waals surface area contributed by atoms with Crippen molar-refractivity contribution in [3.05, 3.63) is 42.0 Å². The second-order valence-electron chi connectivity index (χ2n) is 5.34. The maximum atomic E-state index is 5.83. The molecule has 0 saturated carbocycles. The molecule has 2 rings (SSSR count). The minimum Gasteiger partial charge on any atom is -0.491 e. The van der Waals surface area contributed by atoms with Gasteiger partial charge < -0.3 is 15.2 Å². The Kier molecular flexibility index (Phi) is 5.53. The molecule has 0 saturated heterocycles. The van der Waals surface area contributed by atoms with E-state index in [2.05, 4.69) is 13.8 Å². The summed E-state index contributed by atoms with van der Waals surface area (Å²) in [6.45, 7) is 6.13. The minimum absolute atomic E-state index is 0.401. The number of thiocarbonyl (C=S) groups is 1. The van der Waals surface area contributed by atoms with E-state index in [1.807, 2.05) is 36.4 Å². The lowest BCUT2D eigenvalue weighted by molar-refractivity contribution is 0.0823. The third-order valence-electron chi connectivity index (χ3n) is 3.09. The Hall–Kier alpha value is -1.65. The maximum absolute atomic E-state index is 5.83. The Morgan fingerprint density at radius 2 is 1.81 bits per heavy atom. The van der Waals surface area contributed by atoms with Crippen molar-refractivity contribution < 1.29 is 9.47 Å². The minimum atomic E-state index is 0.401. The lowest BCUT2D eigenvalue weighted by atomic mass is 10.0. The molecule has 0 aromatic heterocycles. The highest BCUT2D eigenvalue weighted by Crippen LogP contribution is 2.28. The first-order chi connectivity index (χ1) is 10.1. The van der Waals surface area contributed by atoms with Crippen LogP contribution in [0.1, 0.15) is 19.4 Å². The molecule has 21 heavy (non-hydrogen) atoms. The van der Waals surface area contributed by atoms with E-state index in [4.69, 9.17) is 27.4 Å². The third-order valence-corrected chi connectivity index (χ3v) is 3.31. The van der Waals surface area contributed by atoms with Gasteiger partial charge >= 0.3 is 0 Å². The number of fused-ring (bicyclic) bond motifs is 1. The Balaban J connectivity index is 2.11. The summed E-state index contributed by atoms with van der Waals surface area (Å²) in [5, 5.41) is 2.04. The predicted molar refractivity (Wildman–Crippen MR) is 91.0 cm³/mol. The molecule has 0 aliphatic heterocycles. The average Bonchev–Trinajstić information content (AvgIpc) is 2.46. The van der Waals surface area contributed by atoms with Gasteiger partial charge in [-0.05, 0) is 23.4 Å². The van der Waals surface area contributed by atoms with Gasteiger partial charge in [-0.15, -0.1) is 0 Å². The van der Waals surface area contributed by atoms with Crippen molar-refractivity contribution in [2.45, 2.75) is 13.8 Å². The van der Waals surface area contributed by atoms with Crippen molar-refractivity contribution >= 4 is 28.0 Å². The zero-order valence-corrected chi connectivity index (χ0v) is 13.3. The van der Waals surface area contributed by atoms with Crippen LogP contribution in [0.15, 0.2) is 36.4 Å². The van der Waals surface area contributed by atoms with E-state index in [0.717, 1.165) is 28.7 Å². The third kappa shape index (κ3) is 4.16. The Bertz CT molecular complexity index is 625. The van der Waals surface area contributed by atoms with Crippen LogP contribution in [0.2, 0.25) is 0 Å². The molecule has 112 valence electrons. The largest absolute Gasteiger partial charge is 0.491 e. The summed E-state index contributed by atoms with van der Waals surface area (Å²) in [6, 6.07) is 11.8. The molecule has 0 atom stereocenters. The Morgan fingerprint density at radius 1 is 1.10 bits per heavy atom. The normalized spacial score (nSPS) is 11.0. The first-order valence-corrected chi connectivity index (χ1v) is 7.52. The van der Waals surface area contributed by atoms with Crippen LogP contribution in [0.5, 0.6) is 5.75 Å². The van der Waals surface area contributed by atoms with Gasteiger partial charge in [-0.25, -0.2) is 0 Å². The fraction of sp³-hybridized carbons (Fsp3) is 0.353. The zero-order chi connectivity index (χ0) is 15.2. The number of benzene rings is 2. The van der Waals surface area contributed by atoms with Crippen LogP contribution in [0, 0.1) is 5.92 Å². The Labute approximate surface area is 131 Å². The van der Waals surface area contributed by atoms with Gasteiger partial charge in [-0.3, -0.25) is 0 Å². The van der Waals surface area contributed by atoms with E-state index in [0.29, 0.717) is 24.1 Å². The summed E-state index contributed by atoms with van der Waals surface area (Å²) in [7, 11) is 0. The van der Waals surface area contributed by atoms with Gasteiger partial charge in [0.2, 0.25) is 0 Å². The van der Waals surface area contributed by atoms with Crippen molar-refractivity contribution in [1.29, 1.82) is 0 Å². The van der Waals surface area contributed by atoms with Gasteiger partial charge in [0, 0.05) is 17.6 Å². The molecule has 0 aliphatic rings. The molecule has 3 nitrogen and oxygen atoms in total. The highest BCUT2D eigenvalue weighted by molar-refractivity contribution is 7.80. The number of nitrogens with two attached hydrogens (primary N) is 1. The average molecular weight is 303 g/mol. The molecular formula is C17H21NO2S. The van der Waals surface area contributed by atoms with Gasteiger partial charge in [0.25, 0.3) is 0 Å². The summed E-state index contributed by atoms with van der Waals surface area (Å²) in [5.74, 6) is 1.37. The van der Waals surface area contributed by atoms with Crippen molar-refractivity contribution in [2.24, 2.45) is 11.7 Å². The molecule has 0 radical (unpaired) electrons. The molecule has 0 spiro atoms. The fourth-order valence-corrected chi connectivity index (χ4v) is 2.32. The van der Waals surface area contributed by atoms with E-state index in [1.54, 1.807) is 0 Å². The molecule has 4 heteroatoms. The standard InChI is InChI=1S/C17H21NO2S/c1-12(2)11-19-9-10-20-16-8-7-15(17(18)21)13-5-3-4-6-14(13)16/h3-8,12H,9-11H2,1-2H3,(H2,18,21). The van der Waals surface area contributed by atoms with Crippen LogP contribution in [0.4, 0.5) is 0 Å². The molecule has 0 fully saturated rings. The molecule has 0 bridgehead atoms. The maximum Gasteiger partial charge on any atom is 0.127 e. The SMILES string of the molecule is CC(C)COCCOc1ccc(C(N)=S)c2ccccc12.